The Labute approximate surface area is 118 Å². The maximum absolute atomic E-state index is 8.95. The molecule has 1 aliphatic heterocycles. The van der Waals surface area contributed by atoms with Crippen molar-refractivity contribution in [2.24, 2.45) is 0 Å². The summed E-state index contributed by atoms with van der Waals surface area (Å²) in [4.78, 5) is 0. The van der Waals surface area contributed by atoms with Gasteiger partial charge in [-0.05, 0) is 35.7 Å². The van der Waals surface area contributed by atoms with Crippen LogP contribution >= 0.6 is 0 Å². The third kappa shape index (κ3) is 2.81. The van der Waals surface area contributed by atoms with Crippen LogP contribution in [-0.2, 0) is 13.0 Å². The van der Waals surface area contributed by atoms with E-state index in [4.69, 9.17) is 10.00 Å². The number of nitrogens with zero attached hydrogens (tertiary/aromatic N) is 1. The Kier molecular flexibility index (Phi) is 3.67. The number of rotatable bonds is 3. The van der Waals surface area contributed by atoms with Crippen LogP contribution in [0.1, 0.15) is 16.7 Å². The molecule has 20 heavy (non-hydrogen) atoms. The van der Waals surface area contributed by atoms with Gasteiger partial charge in [-0.25, -0.2) is 0 Å². The minimum absolute atomic E-state index is 0.289. The van der Waals surface area contributed by atoms with Crippen molar-refractivity contribution in [3.05, 3.63) is 65.2 Å². The lowest BCUT2D eigenvalue weighted by Gasteiger charge is -2.26. The van der Waals surface area contributed by atoms with Gasteiger partial charge in [-0.1, -0.05) is 30.3 Å². The molecule has 1 heterocycles. The second-order valence-electron chi connectivity index (χ2n) is 5.01. The predicted molar refractivity (Wildman–Crippen MR) is 77.4 cm³/mol. The lowest BCUT2D eigenvalue weighted by Crippen LogP contribution is -2.38. The highest BCUT2D eigenvalue weighted by Gasteiger charge is 2.19. The van der Waals surface area contributed by atoms with E-state index >= 15 is 0 Å². The SMILES string of the molecule is N#Cc1ccc2c(c1)C[C@H](NCc1ccccc1)CO2. The molecule has 0 saturated heterocycles. The second-order valence-corrected chi connectivity index (χ2v) is 5.01. The molecule has 3 nitrogen and oxygen atoms in total. The molecular formula is C17H16N2O. The number of benzene rings is 2. The quantitative estimate of drug-likeness (QED) is 0.927. The summed E-state index contributed by atoms with van der Waals surface area (Å²) in [5.74, 6) is 0.904. The Morgan fingerprint density at radius 1 is 1.20 bits per heavy atom. The molecule has 2 aromatic rings. The average Bonchev–Trinajstić information content (AvgIpc) is 2.53. The lowest BCUT2D eigenvalue weighted by atomic mass is 10.0. The first kappa shape index (κ1) is 12.7. The van der Waals surface area contributed by atoms with Gasteiger partial charge in [0, 0.05) is 12.6 Å². The highest BCUT2D eigenvalue weighted by Crippen LogP contribution is 2.25. The Hall–Kier alpha value is -2.31. The smallest absolute Gasteiger partial charge is 0.122 e. The first-order chi connectivity index (χ1) is 9.85. The molecule has 0 amide bonds. The van der Waals surface area contributed by atoms with Gasteiger partial charge in [-0.2, -0.15) is 5.26 Å². The van der Waals surface area contributed by atoms with Crippen molar-refractivity contribution >= 4 is 0 Å². The molecule has 2 aromatic carbocycles. The van der Waals surface area contributed by atoms with E-state index < -0.39 is 0 Å². The van der Waals surface area contributed by atoms with Crippen LogP contribution in [0.25, 0.3) is 0 Å². The molecule has 3 heteroatoms. The Bertz CT molecular complexity index is 631. The predicted octanol–water partition coefficient (Wildman–Crippen LogP) is 2.65. The van der Waals surface area contributed by atoms with Gasteiger partial charge < -0.3 is 10.1 Å². The minimum Gasteiger partial charge on any atom is -0.492 e. The van der Waals surface area contributed by atoms with E-state index in [1.54, 1.807) is 6.07 Å². The molecule has 0 aromatic heterocycles. The van der Waals surface area contributed by atoms with E-state index in [0.29, 0.717) is 12.2 Å². The molecule has 0 bridgehead atoms. The van der Waals surface area contributed by atoms with Crippen molar-refractivity contribution in [1.29, 1.82) is 5.26 Å². The van der Waals surface area contributed by atoms with Crippen LogP contribution < -0.4 is 10.1 Å². The second kappa shape index (κ2) is 5.77. The van der Waals surface area contributed by atoms with E-state index in [1.807, 2.05) is 30.3 Å². The van der Waals surface area contributed by atoms with Crippen molar-refractivity contribution in [1.82, 2.24) is 5.32 Å². The number of fused-ring (bicyclic) bond motifs is 1. The van der Waals surface area contributed by atoms with E-state index in [1.165, 1.54) is 5.56 Å². The summed E-state index contributed by atoms with van der Waals surface area (Å²) in [6.45, 7) is 1.51. The fourth-order valence-electron chi connectivity index (χ4n) is 2.45. The number of nitrogens with one attached hydrogen (secondary N) is 1. The topological polar surface area (TPSA) is 45.0 Å². The van der Waals surface area contributed by atoms with Crippen LogP contribution in [0.3, 0.4) is 0 Å². The molecule has 1 N–H and O–H groups in total. The molecule has 0 unspecified atom stereocenters. The van der Waals surface area contributed by atoms with Crippen LogP contribution in [0.5, 0.6) is 5.75 Å². The molecule has 0 radical (unpaired) electrons. The molecule has 0 saturated carbocycles. The first-order valence-electron chi connectivity index (χ1n) is 6.78. The normalized spacial score (nSPS) is 16.9. The summed E-state index contributed by atoms with van der Waals surface area (Å²) >= 11 is 0. The largest absolute Gasteiger partial charge is 0.492 e. The third-order valence-electron chi connectivity index (χ3n) is 3.53. The third-order valence-corrected chi connectivity index (χ3v) is 3.53. The zero-order valence-electron chi connectivity index (χ0n) is 11.2. The molecular weight excluding hydrogens is 248 g/mol. The average molecular weight is 264 g/mol. The van der Waals surface area contributed by atoms with Crippen molar-refractivity contribution in [3.63, 3.8) is 0 Å². The van der Waals surface area contributed by atoms with Crippen molar-refractivity contribution < 1.29 is 4.74 Å². The lowest BCUT2D eigenvalue weighted by molar-refractivity contribution is 0.238. The van der Waals surface area contributed by atoms with Crippen LogP contribution in [0, 0.1) is 11.3 Å². The van der Waals surface area contributed by atoms with Gasteiger partial charge in [0.1, 0.15) is 12.4 Å². The van der Waals surface area contributed by atoms with Crippen LogP contribution in [-0.4, -0.2) is 12.6 Å². The number of nitriles is 1. The standard InChI is InChI=1S/C17H16N2O/c18-10-14-6-7-17-15(8-14)9-16(12-20-17)19-11-13-4-2-1-3-5-13/h1-8,16,19H,9,11-12H2/t16-/m0/s1. The molecule has 0 fully saturated rings. The fourth-order valence-corrected chi connectivity index (χ4v) is 2.45. The summed E-state index contributed by atoms with van der Waals surface area (Å²) in [7, 11) is 0. The molecule has 1 aliphatic rings. The summed E-state index contributed by atoms with van der Waals surface area (Å²) in [5.41, 5.74) is 3.07. The summed E-state index contributed by atoms with van der Waals surface area (Å²) in [5, 5.41) is 12.5. The summed E-state index contributed by atoms with van der Waals surface area (Å²) in [6, 6.07) is 18.4. The van der Waals surface area contributed by atoms with Crippen molar-refractivity contribution in [3.8, 4) is 11.8 Å². The molecule has 100 valence electrons. The van der Waals surface area contributed by atoms with Gasteiger partial charge in [0.2, 0.25) is 0 Å². The number of hydrogen-bond donors (Lipinski definition) is 1. The minimum atomic E-state index is 0.289. The van der Waals surface area contributed by atoms with Crippen LogP contribution in [0.4, 0.5) is 0 Å². The Morgan fingerprint density at radius 3 is 2.85 bits per heavy atom. The fraction of sp³-hybridized carbons (Fsp3) is 0.235. The zero-order chi connectivity index (χ0) is 13.8. The number of hydrogen-bond acceptors (Lipinski definition) is 3. The Balaban J connectivity index is 1.65. The first-order valence-corrected chi connectivity index (χ1v) is 6.78. The monoisotopic (exact) mass is 264 g/mol. The van der Waals surface area contributed by atoms with Gasteiger partial charge in [0.05, 0.1) is 11.6 Å². The van der Waals surface area contributed by atoms with E-state index in [9.17, 15) is 0 Å². The zero-order valence-corrected chi connectivity index (χ0v) is 11.2. The van der Waals surface area contributed by atoms with E-state index in [0.717, 1.165) is 24.3 Å². The van der Waals surface area contributed by atoms with Gasteiger partial charge in [0.25, 0.3) is 0 Å². The summed E-state index contributed by atoms with van der Waals surface area (Å²) < 4.78 is 5.75. The van der Waals surface area contributed by atoms with Crippen LogP contribution in [0.15, 0.2) is 48.5 Å². The van der Waals surface area contributed by atoms with Gasteiger partial charge in [-0.3, -0.25) is 0 Å². The molecule has 1 atom stereocenters. The molecule has 3 rings (SSSR count). The van der Waals surface area contributed by atoms with Gasteiger partial charge in [0.15, 0.2) is 0 Å². The van der Waals surface area contributed by atoms with E-state index in [2.05, 4.69) is 23.5 Å². The highest BCUT2D eigenvalue weighted by molar-refractivity contribution is 5.43. The molecule has 0 spiro atoms. The van der Waals surface area contributed by atoms with Crippen molar-refractivity contribution in [2.75, 3.05) is 6.61 Å². The van der Waals surface area contributed by atoms with E-state index in [-0.39, 0.29) is 6.04 Å². The van der Waals surface area contributed by atoms with Crippen molar-refractivity contribution in [2.45, 2.75) is 19.0 Å². The van der Waals surface area contributed by atoms with Gasteiger partial charge >= 0.3 is 0 Å². The highest BCUT2D eigenvalue weighted by atomic mass is 16.5. The van der Waals surface area contributed by atoms with Crippen LogP contribution in [0.2, 0.25) is 0 Å². The summed E-state index contributed by atoms with van der Waals surface area (Å²) in [6.07, 6.45) is 0.900. The Morgan fingerprint density at radius 2 is 2.05 bits per heavy atom. The molecule has 0 aliphatic carbocycles. The maximum Gasteiger partial charge on any atom is 0.122 e. The maximum atomic E-state index is 8.95. The van der Waals surface area contributed by atoms with Gasteiger partial charge in [-0.15, -0.1) is 0 Å². The number of ether oxygens (including phenoxy) is 1.